The molecule has 5 nitrogen and oxygen atoms in total. The fraction of sp³-hybridized carbons (Fsp3) is 0.308. The van der Waals surface area contributed by atoms with Gasteiger partial charge in [0.2, 0.25) is 0 Å². The molecule has 2 N–H and O–H groups in total. The molecule has 20 heavy (non-hydrogen) atoms. The molecule has 1 rings (SSSR count). The second kappa shape index (κ2) is 6.72. The Morgan fingerprint density at radius 2 is 1.85 bits per heavy atom. The largest absolute Gasteiger partial charge is 0.343 e. The molecule has 0 heterocycles. The van der Waals surface area contributed by atoms with Gasteiger partial charge in [0.1, 0.15) is 0 Å². The van der Waals surface area contributed by atoms with Crippen molar-refractivity contribution >= 4 is 41.2 Å². The highest BCUT2D eigenvalue weighted by molar-refractivity contribution is 6.36. The molecule has 0 radical (unpaired) electrons. The molecule has 0 unspecified atom stereocenters. The van der Waals surface area contributed by atoms with E-state index < -0.39 is 17.4 Å². The minimum Gasteiger partial charge on any atom is -0.343 e. The lowest BCUT2D eigenvalue weighted by Gasteiger charge is -2.19. The smallest absolute Gasteiger partial charge is 0.329 e. The normalized spacial score (nSPS) is 11.4. The van der Waals surface area contributed by atoms with Gasteiger partial charge in [0.25, 0.3) is 0 Å². The molecule has 1 aromatic rings. The van der Waals surface area contributed by atoms with Crippen molar-refractivity contribution in [2.45, 2.75) is 26.3 Å². The van der Waals surface area contributed by atoms with Gasteiger partial charge in [-0.15, -0.1) is 0 Å². The van der Waals surface area contributed by atoms with Gasteiger partial charge in [0.05, 0.1) is 11.2 Å². The highest BCUT2D eigenvalue weighted by Gasteiger charge is 2.19. The maximum absolute atomic E-state index is 11.5. The molecule has 0 atom stereocenters. The van der Waals surface area contributed by atoms with Gasteiger partial charge in [0.15, 0.2) is 0 Å². The Morgan fingerprint density at radius 1 is 1.20 bits per heavy atom. The van der Waals surface area contributed by atoms with Crippen LogP contribution in [0.15, 0.2) is 23.3 Å². The Hall–Kier alpha value is -1.59. The lowest BCUT2D eigenvalue weighted by atomic mass is 10.1. The highest BCUT2D eigenvalue weighted by Crippen LogP contribution is 2.19. The number of hydrazone groups is 1. The molecule has 0 aliphatic heterocycles. The zero-order valence-electron chi connectivity index (χ0n) is 11.3. The number of hydrogen-bond acceptors (Lipinski definition) is 3. The zero-order chi connectivity index (χ0) is 15.3. The van der Waals surface area contributed by atoms with Crippen molar-refractivity contribution in [1.82, 2.24) is 10.7 Å². The van der Waals surface area contributed by atoms with Crippen molar-refractivity contribution in [3.63, 3.8) is 0 Å². The first kappa shape index (κ1) is 16.5. The van der Waals surface area contributed by atoms with Crippen LogP contribution in [0.25, 0.3) is 0 Å². The van der Waals surface area contributed by atoms with E-state index in [0.717, 1.165) is 0 Å². The summed E-state index contributed by atoms with van der Waals surface area (Å²) in [4.78, 5) is 22.9. The van der Waals surface area contributed by atoms with E-state index in [9.17, 15) is 9.59 Å². The van der Waals surface area contributed by atoms with Gasteiger partial charge in [-0.05, 0) is 32.9 Å². The van der Waals surface area contributed by atoms with Crippen LogP contribution >= 0.6 is 23.2 Å². The number of hydrogen-bond donors (Lipinski definition) is 2. The summed E-state index contributed by atoms with van der Waals surface area (Å²) < 4.78 is 0. The van der Waals surface area contributed by atoms with Crippen molar-refractivity contribution in [3.05, 3.63) is 33.8 Å². The Labute approximate surface area is 127 Å². The molecule has 0 spiro atoms. The van der Waals surface area contributed by atoms with Gasteiger partial charge in [-0.25, -0.2) is 5.43 Å². The molecule has 0 saturated carbocycles. The molecule has 7 heteroatoms. The Bertz CT molecular complexity index is 551. The third-order valence-corrected chi connectivity index (χ3v) is 2.59. The first-order valence-corrected chi connectivity index (χ1v) is 6.55. The number of nitrogens with zero attached hydrogens (tertiary/aromatic N) is 1. The van der Waals surface area contributed by atoms with Gasteiger partial charge in [0, 0.05) is 16.1 Å². The van der Waals surface area contributed by atoms with E-state index in [-0.39, 0.29) is 0 Å². The van der Waals surface area contributed by atoms with Gasteiger partial charge < -0.3 is 5.32 Å². The zero-order valence-corrected chi connectivity index (χ0v) is 12.8. The molecule has 0 aliphatic carbocycles. The minimum atomic E-state index is -0.846. The van der Waals surface area contributed by atoms with E-state index >= 15 is 0 Å². The standard InChI is InChI=1S/C13H15Cl2N3O2/c1-13(2,3)17-11(19)12(20)18-16-7-8-4-5-9(14)6-10(8)15/h4-7H,1-3H3,(H,17,19)(H,18,20)/b16-7+. The molecular formula is C13H15Cl2N3O2. The molecular weight excluding hydrogens is 301 g/mol. The van der Waals surface area contributed by atoms with Crippen LogP contribution in [0.4, 0.5) is 0 Å². The second-order valence-electron chi connectivity index (χ2n) is 5.07. The quantitative estimate of drug-likeness (QED) is 0.499. The topological polar surface area (TPSA) is 70.6 Å². The van der Waals surface area contributed by atoms with Gasteiger partial charge in [-0.3, -0.25) is 9.59 Å². The molecule has 1 aromatic carbocycles. The third kappa shape index (κ3) is 5.59. The number of carbonyl (C=O) groups excluding carboxylic acids is 2. The summed E-state index contributed by atoms with van der Waals surface area (Å²) in [6.45, 7) is 5.32. The molecule has 108 valence electrons. The van der Waals surface area contributed by atoms with E-state index in [0.29, 0.717) is 15.6 Å². The van der Waals surface area contributed by atoms with Crippen LogP contribution < -0.4 is 10.7 Å². The minimum absolute atomic E-state index is 0.398. The van der Waals surface area contributed by atoms with Crippen LogP contribution in [-0.2, 0) is 9.59 Å². The Balaban J connectivity index is 2.60. The predicted octanol–water partition coefficient (Wildman–Crippen LogP) is 2.36. The lowest BCUT2D eigenvalue weighted by molar-refractivity contribution is -0.140. The van der Waals surface area contributed by atoms with Crippen molar-refractivity contribution < 1.29 is 9.59 Å². The van der Waals surface area contributed by atoms with Crippen LogP contribution in [-0.4, -0.2) is 23.6 Å². The second-order valence-corrected chi connectivity index (χ2v) is 5.91. The monoisotopic (exact) mass is 315 g/mol. The van der Waals surface area contributed by atoms with Crippen LogP contribution in [0.5, 0.6) is 0 Å². The maximum atomic E-state index is 11.5. The van der Waals surface area contributed by atoms with E-state index in [1.807, 2.05) is 0 Å². The van der Waals surface area contributed by atoms with Crippen molar-refractivity contribution in [1.29, 1.82) is 0 Å². The number of rotatable bonds is 2. The first-order chi connectivity index (χ1) is 9.19. The van der Waals surface area contributed by atoms with Gasteiger partial charge >= 0.3 is 11.8 Å². The summed E-state index contributed by atoms with van der Waals surface area (Å²) in [7, 11) is 0. The first-order valence-electron chi connectivity index (χ1n) is 5.79. The third-order valence-electron chi connectivity index (χ3n) is 2.03. The van der Waals surface area contributed by atoms with Crippen LogP contribution in [0.3, 0.4) is 0 Å². The summed E-state index contributed by atoms with van der Waals surface area (Å²) in [5.41, 5.74) is 2.21. The number of amides is 2. The fourth-order valence-corrected chi connectivity index (χ4v) is 1.67. The number of benzene rings is 1. The van der Waals surface area contributed by atoms with Gasteiger partial charge in [-0.1, -0.05) is 29.3 Å². The molecule has 0 fully saturated rings. The van der Waals surface area contributed by atoms with Crippen LogP contribution in [0.2, 0.25) is 10.0 Å². The van der Waals surface area contributed by atoms with E-state index in [4.69, 9.17) is 23.2 Å². The highest BCUT2D eigenvalue weighted by atomic mass is 35.5. The van der Waals surface area contributed by atoms with E-state index in [1.54, 1.807) is 39.0 Å². The fourth-order valence-electron chi connectivity index (χ4n) is 1.21. The van der Waals surface area contributed by atoms with Crippen molar-refractivity contribution in [2.24, 2.45) is 5.10 Å². The summed E-state index contributed by atoms with van der Waals surface area (Å²) in [5, 5.41) is 7.09. The molecule has 0 bridgehead atoms. The molecule has 2 amide bonds. The lowest BCUT2D eigenvalue weighted by Crippen LogP contribution is -2.47. The van der Waals surface area contributed by atoms with E-state index in [1.165, 1.54) is 6.21 Å². The summed E-state index contributed by atoms with van der Waals surface area (Å²) in [6.07, 6.45) is 1.33. The maximum Gasteiger partial charge on any atom is 0.329 e. The summed E-state index contributed by atoms with van der Waals surface area (Å²) in [5.74, 6) is -1.60. The van der Waals surface area contributed by atoms with Crippen molar-refractivity contribution in [3.8, 4) is 0 Å². The molecule has 0 aromatic heterocycles. The average molecular weight is 316 g/mol. The number of nitrogens with one attached hydrogen (secondary N) is 2. The molecule has 0 saturated heterocycles. The Kier molecular flexibility index (Phi) is 5.53. The van der Waals surface area contributed by atoms with Crippen LogP contribution in [0.1, 0.15) is 26.3 Å². The van der Waals surface area contributed by atoms with E-state index in [2.05, 4.69) is 15.8 Å². The molecule has 0 aliphatic rings. The Morgan fingerprint density at radius 3 is 2.40 bits per heavy atom. The number of carbonyl (C=O) groups is 2. The van der Waals surface area contributed by atoms with Crippen molar-refractivity contribution in [2.75, 3.05) is 0 Å². The van der Waals surface area contributed by atoms with Gasteiger partial charge in [-0.2, -0.15) is 5.10 Å². The number of halogens is 2. The summed E-state index contributed by atoms with van der Waals surface area (Å²) in [6, 6.07) is 4.84. The SMILES string of the molecule is CC(C)(C)NC(=O)C(=O)N/N=C/c1ccc(Cl)cc1Cl. The summed E-state index contributed by atoms with van der Waals surface area (Å²) >= 11 is 11.7. The average Bonchev–Trinajstić information content (AvgIpc) is 2.29. The predicted molar refractivity (Wildman–Crippen MR) is 80.1 cm³/mol. The van der Waals surface area contributed by atoms with Crippen LogP contribution in [0, 0.1) is 0 Å².